The molecule has 0 radical (unpaired) electrons. The van der Waals surface area contributed by atoms with Crippen LogP contribution in [0.5, 0.6) is 0 Å². The number of allylic oxidation sites excluding steroid dienone is 1. The van der Waals surface area contributed by atoms with E-state index in [4.69, 9.17) is 4.74 Å². The Balaban J connectivity index is 1.77. The number of nitrogens with zero attached hydrogens (tertiary/aromatic N) is 1. The molecule has 0 spiro atoms. The molecule has 1 fully saturated rings. The topological polar surface area (TPSA) is 29.5 Å². The van der Waals surface area contributed by atoms with Crippen LogP contribution in [0.15, 0.2) is 43.0 Å². The van der Waals surface area contributed by atoms with Gasteiger partial charge < -0.3 is 9.64 Å². The molecule has 2 aliphatic rings. The fourth-order valence-electron chi connectivity index (χ4n) is 4.00. The van der Waals surface area contributed by atoms with Crippen molar-refractivity contribution in [1.29, 1.82) is 0 Å². The molecule has 0 aromatic heterocycles. The molecule has 0 saturated carbocycles. The van der Waals surface area contributed by atoms with Crippen molar-refractivity contribution in [1.82, 2.24) is 4.90 Å². The molecule has 25 heavy (non-hydrogen) atoms. The van der Waals surface area contributed by atoms with Gasteiger partial charge in [-0.2, -0.15) is 0 Å². The zero-order valence-electron chi connectivity index (χ0n) is 15.6. The Morgan fingerprint density at radius 1 is 1.28 bits per heavy atom. The third kappa shape index (κ3) is 3.97. The van der Waals surface area contributed by atoms with Crippen molar-refractivity contribution < 1.29 is 9.53 Å². The number of ether oxygens (including phenoxy) is 1. The van der Waals surface area contributed by atoms with E-state index in [2.05, 4.69) is 36.9 Å². The molecule has 2 atom stereocenters. The highest BCUT2D eigenvalue weighted by atomic mass is 16.6. The van der Waals surface area contributed by atoms with Crippen LogP contribution in [-0.2, 0) is 11.2 Å². The van der Waals surface area contributed by atoms with Gasteiger partial charge in [-0.25, -0.2) is 4.79 Å². The molecular formula is C22H29NO2. The highest BCUT2D eigenvalue weighted by Crippen LogP contribution is 2.37. The molecular weight excluding hydrogens is 310 g/mol. The van der Waals surface area contributed by atoms with Crippen molar-refractivity contribution in [2.75, 3.05) is 0 Å². The van der Waals surface area contributed by atoms with Gasteiger partial charge in [0.05, 0.1) is 0 Å². The minimum absolute atomic E-state index is 0.186. The number of rotatable bonds is 4. The van der Waals surface area contributed by atoms with E-state index in [1.54, 1.807) is 0 Å². The molecule has 134 valence electrons. The average molecular weight is 339 g/mol. The van der Waals surface area contributed by atoms with Crippen LogP contribution < -0.4 is 0 Å². The molecule has 1 saturated heterocycles. The standard InChI is InChI=1S/C22H29NO2/c1-5-8-18-13-14-19(23(18)21(24)25-22(2,3)4)15-17-12-11-16-9-6-7-10-20(16)17/h5-7,9-10,12,18-19H,1,8,11,13-15H2,2-4H3/t18-,19-/m0/s1. The Hall–Kier alpha value is -2.03. The molecule has 3 rings (SSSR count). The number of fused-ring (bicyclic) bond motifs is 1. The van der Waals surface area contributed by atoms with Crippen molar-refractivity contribution in [3.8, 4) is 0 Å². The fourth-order valence-corrected chi connectivity index (χ4v) is 4.00. The van der Waals surface area contributed by atoms with Gasteiger partial charge in [0.1, 0.15) is 5.60 Å². The van der Waals surface area contributed by atoms with Crippen molar-refractivity contribution in [3.63, 3.8) is 0 Å². The molecule has 1 amide bonds. The van der Waals surface area contributed by atoms with E-state index in [0.29, 0.717) is 0 Å². The first-order chi connectivity index (χ1) is 11.9. The second-order valence-corrected chi connectivity index (χ2v) is 8.09. The first-order valence-corrected chi connectivity index (χ1v) is 9.28. The van der Waals surface area contributed by atoms with Crippen molar-refractivity contribution in [2.45, 2.75) is 70.6 Å². The summed E-state index contributed by atoms with van der Waals surface area (Å²) in [5.74, 6) is 0. The Kier molecular flexibility index (Phi) is 5.03. The third-order valence-corrected chi connectivity index (χ3v) is 5.05. The van der Waals surface area contributed by atoms with E-state index in [1.807, 2.05) is 31.7 Å². The third-order valence-electron chi connectivity index (χ3n) is 5.05. The Morgan fingerprint density at radius 2 is 2.00 bits per heavy atom. The summed E-state index contributed by atoms with van der Waals surface area (Å²) in [6.45, 7) is 9.63. The lowest BCUT2D eigenvalue weighted by Crippen LogP contribution is -2.44. The molecule has 1 heterocycles. The van der Waals surface area contributed by atoms with Gasteiger partial charge in [-0.05, 0) is 69.6 Å². The van der Waals surface area contributed by atoms with Gasteiger partial charge >= 0.3 is 6.09 Å². The summed E-state index contributed by atoms with van der Waals surface area (Å²) >= 11 is 0. The molecule has 3 heteroatoms. The van der Waals surface area contributed by atoms with Gasteiger partial charge in [0.15, 0.2) is 0 Å². The van der Waals surface area contributed by atoms with Gasteiger partial charge in [0.2, 0.25) is 0 Å². The Morgan fingerprint density at radius 3 is 2.72 bits per heavy atom. The van der Waals surface area contributed by atoms with Crippen LogP contribution in [0.25, 0.3) is 5.57 Å². The summed E-state index contributed by atoms with van der Waals surface area (Å²) in [7, 11) is 0. The van der Waals surface area contributed by atoms with Crippen molar-refractivity contribution in [3.05, 3.63) is 54.1 Å². The number of hydrogen-bond acceptors (Lipinski definition) is 2. The van der Waals surface area contributed by atoms with E-state index in [9.17, 15) is 4.79 Å². The molecule has 1 aromatic carbocycles. The lowest BCUT2D eigenvalue weighted by atomic mass is 9.98. The lowest BCUT2D eigenvalue weighted by Gasteiger charge is -2.32. The lowest BCUT2D eigenvalue weighted by molar-refractivity contribution is 0.0152. The zero-order chi connectivity index (χ0) is 18.0. The summed E-state index contributed by atoms with van der Waals surface area (Å²) in [6, 6.07) is 8.99. The minimum atomic E-state index is -0.470. The summed E-state index contributed by atoms with van der Waals surface area (Å²) in [6.07, 6.45) is 8.82. The number of carbonyl (C=O) groups is 1. The zero-order valence-corrected chi connectivity index (χ0v) is 15.6. The largest absolute Gasteiger partial charge is 0.444 e. The van der Waals surface area contributed by atoms with Crippen molar-refractivity contribution in [2.24, 2.45) is 0 Å². The molecule has 1 aliphatic heterocycles. The summed E-state index contributed by atoms with van der Waals surface area (Å²) < 4.78 is 5.70. The predicted molar refractivity (Wildman–Crippen MR) is 102 cm³/mol. The van der Waals surface area contributed by atoms with Gasteiger partial charge in [0, 0.05) is 12.1 Å². The SMILES string of the molecule is C=CC[C@H]1CC[C@@H](CC2=CCc3ccccc32)N1C(=O)OC(C)(C)C. The van der Waals surface area contributed by atoms with Crippen LogP contribution in [0.4, 0.5) is 4.79 Å². The number of hydrogen-bond donors (Lipinski definition) is 0. The number of amides is 1. The van der Waals surface area contributed by atoms with Gasteiger partial charge in [-0.15, -0.1) is 6.58 Å². The molecule has 0 bridgehead atoms. The summed E-state index contributed by atoms with van der Waals surface area (Å²) in [5.41, 5.74) is 3.64. The van der Waals surface area contributed by atoms with E-state index in [1.165, 1.54) is 16.7 Å². The quantitative estimate of drug-likeness (QED) is 0.691. The molecule has 0 N–H and O–H groups in total. The van der Waals surface area contributed by atoms with Crippen LogP contribution in [-0.4, -0.2) is 28.7 Å². The maximum absolute atomic E-state index is 12.8. The monoisotopic (exact) mass is 339 g/mol. The second kappa shape index (κ2) is 7.07. The highest BCUT2D eigenvalue weighted by molar-refractivity contribution is 5.75. The first-order valence-electron chi connectivity index (χ1n) is 9.28. The summed E-state index contributed by atoms with van der Waals surface area (Å²) in [5, 5.41) is 0. The normalized spacial score (nSPS) is 22.5. The maximum atomic E-state index is 12.8. The van der Waals surface area contributed by atoms with Crippen LogP contribution in [0.3, 0.4) is 0 Å². The van der Waals surface area contributed by atoms with E-state index >= 15 is 0 Å². The minimum Gasteiger partial charge on any atom is -0.444 e. The molecule has 0 unspecified atom stereocenters. The molecule has 3 nitrogen and oxygen atoms in total. The van der Waals surface area contributed by atoms with Gasteiger partial charge in [0.25, 0.3) is 0 Å². The Bertz CT molecular complexity index is 684. The summed E-state index contributed by atoms with van der Waals surface area (Å²) in [4.78, 5) is 14.8. The van der Waals surface area contributed by atoms with E-state index < -0.39 is 5.60 Å². The van der Waals surface area contributed by atoms with E-state index in [-0.39, 0.29) is 18.2 Å². The smallest absolute Gasteiger partial charge is 0.410 e. The molecule has 1 aromatic rings. The fraction of sp³-hybridized carbons (Fsp3) is 0.500. The van der Waals surface area contributed by atoms with Crippen LogP contribution in [0.2, 0.25) is 0 Å². The van der Waals surface area contributed by atoms with Crippen molar-refractivity contribution >= 4 is 11.7 Å². The number of likely N-dealkylation sites (tertiary alicyclic amines) is 1. The van der Waals surface area contributed by atoms with E-state index in [0.717, 1.165) is 32.1 Å². The van der Waals surface area contributed by atoms with Gasteiger partial charge in [-0.3, -0.25) is 0 Å². The van der Waals surface area contributed by atoms with Gasteiger partial charge in [-0.1, -0.05) is 36.4 Å². The Labute approximate surface area is 151 Å². The second-order valence-electron chi connectivity index (χ2n) is 8.09. The number of carbonyl (C=O) groups excluding carboxylic acids is 1. The predicted octanol–water partition coefficient (Wildman–Crippen LogP) is 5.36. The van der Waals surface area contributed by atoms with Crippen LogP contribution >= 0.6 is 0 Å². The maximum Gasteiger partial charge on any atom is 0.410 e. The molecule has 1 aliphatic carbocycles. The van der Waals surface area contributed by atoms with Crippen LogP contribution in [0, 0.1) is 0 Å². The number of benzene rings is 1. The van der Waals surface area contributed by atoms with Crippen LogP contribution in [0.1, 0.15) is 57.6 Å². The highest BCUT2D eigenvalue weighted by Gasteiger charge is 2.39. The first kappa shape index (κ1) is 17.8. The average Bonchev–Trinajstić information content (AvgIpc) is 3.11.